The Morgan fingerprint density at radius 3 is 3.00 bits per heavy atom. The standard InChI is InChI=1S/C9H13N3S/c1-3-8(4-10)12-6-9-5-11-7(2)13-9/h5,8,12H,3,6H2,1-2H3. The molecule has 0 fully saturated rings. The highest BCUT2D eigenvalue weighted by Crippen LogP contribution is 2.11. The summed E-state index contributed by atoms with van der Waals surface area (Å²) in [5.41, 5.74) is 0. The van der Waals surface area contributed by atoms with Crippen LogP contribution in [-0.4, -0.2) is 11.0 Å². The average Bonchev–Trinajstić information content (AvgIpc) is 2.53. The molecule has 1 unspecified atom stereocenters. The van der Waals surface area contributed by atoms with Crippen molar-refractivity contribution in [3.8, 4) is 6.07 Å². The van der Waals surface area contributed by atoms with Gasteiger partial charge in [-0.1, -0.05) is 6.92 Å². The first-order chi connectivity index (χ1) is 6.26. The normalized spacial score (nSPS) is 12.4. The quantitative estimate of drug-likeness (QED) is 0.797. The molecule has 0 spiro atoms. The third-order valence-electron chi connectivity index (χ3n) is 1.76. The molecule has 0 amide bonds. The minimum Gasteiger partial charge on any atom is -0.297 e. The number of hydrogen-bond acceptors (Lipinski definition) is 4. The summed E-state index contributed by atoms with van der Waals surface area (Å²) in [7, 11) is 0. The summed E-state index contributed by atoms with van der Waals surface area (Å²) in [6, 6.07) is 2.16. The van der Waals surface area contributed by atoms with Crippen LogP contribution < -0.4 is 5.32 Å². The largest absolute Gasteiger partial charge is 0.297 e. The van der Waals surface area contributed by atoms with Crippen molar-refractivity contribution >= 4 is 11.3 Å². The molecule has 0 saturated carbocycles. The maximum atomic E-state index is 8.68. The summed E-state index contributed by atoms with van der Waals surface area (Å²) < 4.78 is 0. The number of nitrogens with zero attached hydrogens (tertiary/aromatic N) is 2. The van der Waals surface area contributed by atoms with Gasteiger partial charge in [-0.25, -0.2) is 4.98 Å². The molecule has 13 heavy (non-hydrogen) atoms. The second-order valence-corrected chi connectivity index (χ2v) is 4.14. The molecule has 0 aliphatic rings. The van der Waals surface area contributed by atoms with Crippen LogP contribution in [0.2, 0.25) is 0 Å². The van der Waals surface area contributed by atoms with Gasteiger partial charge in [0.05, 0.1) is 17.1 Å². The highest BCUT2D eigenvalue weighted by Gasteiger charge is 2.04. The number of hydrogen-bond donors (Lipinski definition) is 1. The van der Waals surface area contributed by atoms with E-state index in [-0.39, 0.29) is 6.04 Å². The number of nitrogens with one attached hydrogen (secondary N) is 1. The smallest absolute Gasteiger partial charge is 0.0953 e. The molecule has 4 heteroatoms. The molecule has 0 bridgehead atoms. The van der Waals surface area contributed by atoms with Gasteiger partial charge in [-0.3, -0.25) is 5.32 Å². The third kappa shape index (κ3) is 3.13. The van der Waals surface area contributed by atoms with Crippen molar-refractivity contribution in [1.82, 2.24) is 10.3 Å². The number of rotatable bonds is 4. The number of thiazole rings is 1. The lowest BCUT2D eigenvalue weighted by molar-refractivity contribution is 0.591. The van der Waals surface area contributed by atoms with Crippen LogP contribution in [-0.2, 0) is 6.54 Å². The molecule has 0 saturated heterocycles. The molecule has 0 aliphatic heterocycles. The lowest BCUT2D eigenvalue weighted by Crippen LogP contribution is -2.25. The fourth-order valence-electron chi connectivity index (χ4n) is 0.992. The van der Waals surface area contributed by atoms with Gasteiger partial charge in [0.25, 0.3) is 0 Å². The van der Waals surface area contributed by atoms with E-state index in [1.165, 1.54) is 4.88 Å². The van der Waals surface area contributed by atoms with Crippen LogP contribution in [0, 0.1) is 18.3 Å². The van der Waals surface area contributed by atoms with Crippen LogP contribution in [0.1, 0.15) is 23.2 Å². The zero-order valence-corrected chi connectivity index (χ0v) is 8.69. The van der Waals surface area contributed by atoms with E-state index >= 15 is 0 Å². The Morgan fingerprint density at radius 1 is 1.77 bits per heavy atom. The molecule has 1 atom stereocenters. The fraction of sp³-hybridized carbons (Fsp3) is 0.556. The van der Waals surface area contributed by atoms with Crippen molar-refractivity contribution < 1.29 is 0 Å². The molecular weight excluding hydrogens is 182 g/mol. The van der Waals surface area contributed by atoms with E-state index in [4.69, 9.17) is 5.26 Å². The van der Waals surface area contributed by atoms with E-state index in [1.807, 2.05) is 20.0 Å². The molecule has 0 aliphatic carbocycles. The van der Waals surface area contributed by atoms with Crippen molar-refractivity contribution in [2.45, 2.75) is 32.9 Å². The molecular formula is C9H13N3S. The Bertz CT molecular complexity index is 300. The molecule has 3 nitrogen and oxygen atoms in total. The highest BCUT2D eigenvalue weighted by molar-refractivity contribution is 7.11. The summed E-state index contributed by atoms with van der Waals surface area (Å²) in [5, 5.41) is 12.9. The van der Waals surface area contributed by atoms with Gasteiger partial charge in [-0.15, -0.1) is 11.3 Å². The summed E-state index contributed by atoms with van der Waals surface area (Å²) >= 11 is 1.67. The monoisotopic (exact) mass is 195 g/mol. The molecule has 1 aromatic rings. The predicted octanol–water partition coefficient (Wildman–Crippen LogP) is 1.84. The van der Waals surface area contributed by atoms with Crippen LogP contribution in [0.5, 0.6) is 0 Å². The molecule has 0 radical (unpaired) electrons. The van der Waals surface area contributed by atoms with Crippen molar-refractivity contribution in [1.29, 1.82) is 5.26 Å². The second-order valence-electron chi connectivity index (χ2n) is 2.82. The Kier molecular flexibility index (Phi) is 3.87. The first-order valence-corrected chi connectivity index (χ1v) is 5.12. The maximum Gasteiger partial charge on any atom is 0.0953 e. The summed E-state index contributed by atoms with van der Waals surface area (Å²) in [5.74, 6) is 0. The SMILES string of the molecule is CCC(C#N)NCc1cnc(C)s1. The summed E-state index contributed by atoms with van der Waals surface area (Å²) in [6.45, 7) is 4.73. The van der Waals surface area contributed by atoms with E-state index in [9.17, 15) is 0 Å². The minimum atomic E-state index is -0.0394. The van der Waals surface area contributed by atoms with Crippen molar-refractivity contribution in [3.63, 3.8) is 0 Å². The Morgan fingerprint density at radius 2 is 2.54 bits per heavy atom. The summed E-state index contributed by atoms with van der Waals surface area (Å²) in [6.07, 6.45) is 2.70. The van der Waals surface area contributed by atoms with Crippen LogP contribution in [0.4, 0.5) is 0 Å². The zero-order valence-electron chi connectivity index (χ0n) is 7.87. The van der Waals surface area contributed by atoms with Crippen LogP contribution in [0.25, 0.3) is 0 Å². The van der Waals surface area contributed by atoms with Gasteiger partial charge in [-0.2, -0.15) is 5.26 Å². The molecule has 0 aromatic carbocycles. The van der Waals surface area contributed by atoms with Crippen molar-refractivity contribution in [2.75, 3.05) is 0 Å². The predicted molar refractivity (Wildman–Crippen MR) is 53.4 cm³/mol. The first-order valence-electron chi connectivity index (χ1n) is 4.30. The van der Waals surface area contributed by atoms with Gasteiger partial charge in [0.15, 0.2) is 0 Å². The lowest BCUT2D eigenvalue weighted by Gasteiger charge is -2.06. The molecule has 1 aromatic heterocycles. The lowest BCUT2D eigenvalue weighted by atomic mass is 10.2. The molecule has 1 rings (SSSR count). The second kappa shape index (κ2) is 4.95. The molecule has 70 valence electrons. The van der Waals surface area contributed by atoms with Crippen LogP contribution in [0.15, 0.2) is 6.20 Å². The zero-order chi connectivity index (χ0) is 9.68. The average molecular weight is 195 g/mol. The Hall–Kier alpha value is -0.920. The van der Waals surface area contributed by atoms with Gasteiger partial charge in [0.1, 0.15) is 0 Å². The minimum absolute atomic E-state index is 0.0394. The topological polar surface area (TPSA) is 48.7 Å². The van der Waals surface area contributed by atoms with Gasteiger partial charge < -0.3 is 0 Å². The molecule has 1 heterocycles. The van der Waals surface area contributed by atoms with Crippen LogP contribution >= 0.6 is 11.3 Å². The fourth-order valence-corrected chi connectivity index (χ4v) is 1.74. The number of nitriles is 1. The van der Waals surface area contributed by atoms with Crippen LogP contribution in [0.3, 0.4) is 0 Å². The van der Waals surface area contributed by atoms with E-state index in [2.05, 4.69) is 16.4 Å². The van der Waals surface area contributed by atoms with E-state index in [0.717, 1.165) is 18.0 Å². The van der Waals surface area contributed by atoms with E-state index in [1.54, 1.807) is 11.3 Å². The Labute approximate surface area is 82.4 Å². The van der Waals surface area contributed by atoms with E-state index in [0.29, 0.717) is 0 Å². The van der Waals surface area contributed by atoms with Crippen molar-refractivity contribution in [2.24, 2.45) is 0 Å². The van der Waals surface area contributed by atoms with Gasteiger partial charge in [-0.05, 0) is 13.3 Å². The first kappa shape index (κ1) is 10.2. The number of aryl methyl sites for hydroxylation is 1. The van der Waals surface area contributed by atoms with Crippen molar-refractivity contribution in [3.05, 3.63) is 16.1 Å². The van der Waals surface area contributed by atoms with Gasteiger partial charge in [0.2, 0.25) is 0 Å². The number of aromatic nitrogens is 1. The highest BCUT2D eigenvalue weighted by atomic mass is 32.1. The van der Waals surface area contributed by atoms with Gasteiger partial charge >= 0.3 is 0 Å². The maximum absolute atomic E-state index is 8.68. The molecule has 1 N–H and O–H groups in total. The third-order valence-corrected chi connectivity index (χ3v) is 2.67. The van der Waals surface area contributed by atoms with E-state index < -0.39 is 0 Å². The Balaban J connectivity index is 2.39. The van der Waals surface area contributed by atoms with Gasteiger partial charge in [0, 0.05) is 17.6 Å². The summed E-state index contributed by atoms with van der Waals surface area (Å²) in [4.78, 5) is 5.33.